The van der Waals surface area contributed by atoms with Gasteiger partial charge in [-0.1, -0.05) is 18.2 Å². The van der Waals surface area contributed by atoms with Crippen LogP contribution in [0.25, 0.3) is 0 Å². The molecule has 9 heteroatoms. The first-order valence-corrected chi connectivity index (χ1v) is 11.8. The van der Waals surface area contributed by atoms with Gasteiger partial charge in [-0.15, -0.1) is 0 Å². The van der Waals surface area contributed by atoms with Crippen molar-refractivity contribution in [1.29, 1.82) is 0 Å². The zero-order chi connectivity index (χ0) is 23.1. The van der Waals surface area contributed by atoms with E-state index in [0.29, 0.717) is 24.9 Å². The molecule has 0 radical (unpaired) electrons. The number of thiol groups is 1. The number of carbonyl (C=O) groups excluding carboxylic acids is 2. The van der Waals surface area contributed by atoms with Gasteiger partial charge in [-0.2, -0.15) is 17.0 Å². The number of rotatable bonds is 4. The average molecular weight is 473 g/mol. The molecule has 33 heavy (non-hydrogen) atoms. The maximum absolute atomic E-state index is 14.1. The number of piperidine rings is 2. The molecule has 4 heterocycles. The van der Waals surface area contributed by atoms with Crippen molar-refractivity contribution in [2.24, 2.45) is 0 Å². The average Bonchev–Trinajstić information content (AvgIpc) is 3.12. The molecule has 2 unspecified atom stereocenters. The lowest BCUT2D eigenvalue weighted by Gasteiger charge is -2.32. The van der Waals surface area contributed by atoms with Crippen LogP contribution < -0.4 is 5.32 Å². The van der Waals surface area contributed by atoms with Gasteiger partial charge in [-0.25, -0.2) is 9.37 Å². The second-order valence-corrected chi connectivity index (χ2v) is 9.59. The number of hydrogen-bond donors (Lipinski definition) is 2. The Balaban J connectivity index is 1.21. The molecule has 2 amide bonds. The van der Waals surface area contributed by atoms with Crippen molar-refractivity contribution in [2.75, 3.05) is 13.1 Å². The third kappa shape index (κ3) is 4.41. The molecule has 174 valence electrons. The molecule has 2 aromatic rings. The monoisotopic (exact) mass is 472 g/mol. The molecule has 2 atom stereocenters. The number of aromatic nitrogens is 1. The molecule has 2 saturated heterocycles. The summed E-state index contributed by atoms with van der Waals surface area (Å²) in [6, 6.07) is 7.59. The second kappa shape index (κ2) is 9.12. The number of nitrogens with zero attached hydrogens (tertiary/aromatic N) is 3. The highest BCUT2D eigenvalue weighted by Gasteiger charge is 2.39. The summed E-state index contributed by atoms with van der Waals surface area (Å²) in [6.45, 7) is 3.02. The number of hydrogen-bond acceptors (Lipinski definition) is 6. The third-order valence-corrected chi connectivity index (χ3v) is 7.65. The van der Waals surface area contributed by atoms with E-state index >= 15 is 0 Å². The van der Waals surface area contributed by atoms with Gasteiger partial charge in [-0.3, -0.25) is 24.7 Å². The maximum atomic E-state index is 14.1. The zero-order valence-electron chi connectivity index (χ0n) is 18.1. The molecular weight excluding hydrogens is 446 g/mol. The number of amides is 2. The normalized spacial score (nSPS) is 24.7. The topological polar surface area (TPSA) is 65.5 Å². The fourth-order valence-corrected chi connectivity index (χ4v) is 5.79. The summed E-state index contributed by atoms with van der Waals surface area (Å²) in [5.41, 5.74) is 3.86. The first kappa shape index (κ1) is 22.4. The van der Waals surface area contributed by atoms with E-state index in [9.17, 15) is 18.4 Å². The number of pyridine rings is 1. The predicted octanol–water partition coefficient (Wildman–Crippen LogP) is 3.29. The Labute approximate surface area is 196 Å². The molecule has 1 N–H and O–H groups in total. The van der Waals surface area contributed by atoms with Gasteiger partial charge in [0.25, 0.3) is 0 Å². The SMILES string of the molecule is O=C1CCC(N2Cc3cc(CN4CCC(c5ccnc(F)c5F)CC4)ccc3C2S)C(=O)N1. The van der Waals surface area contributed by atoms with Crippen LogP contribution in [0.2, 0.25) is 0 Å². The van der Waals surface area contributed by atoms with Crippen LogP contribution >= 0.6 is 12.6 Å². The zero-order valence-corrected chi connectivity index (χ0v) is 19.0. The number of nitrogens with one attached hydrogen (secondary N) is 1. The summed E-state index contributed by atoms with van der Waals surface area (Å²) in [4.78, 5) is 31.6. The third-order valence-electron chi connectivity index (χ3n) is 7.07. The van der Waals surface area contributed by atoms with Gasteiger partial charge >= 0.3 is 0 Å². The van der Waals surface area contributed by atoms with Crippen molar-refractivity contribution in [3.05, 3.63) is 64.5 Å². The van der Waals surface area contributed by atoms with Gasteiger partial charge in [0.15, 0.2) is 5.82 Å². The van der Waals surface area contributed by atoms with Crippen LogP contribution in [0.5, 0.6) is 0 Å². The number of likely N-dealkylation sites (tertiary alicyclic amines) is 1. The van der Waals surface area contributed by atoms with E-state index in [1.807, 2.05) is 4.90 Å². The van der Waals surface area contributed by atoms with Crippen LogP contribution in [0, 0.1) is 11.8 Å². The second-order valence-electron chi connectivity index (χ2n) is 9.10. The van der Waals surface area contributed by atoms with Crippen LogP contribution in [-0.4, -0.2) is 45.7 Å². The molecule has 3 aliphatic heterocycles. The summed E-state index contributed by atoms with van der Waals surface area (Å²) < 4.78 is 27.6. The Bertz CT molecular complexity index is 1090. The van der Waals surface area contributed by atoms with Crippen molar-refractivity contribution >= 4 is 24.4 Å². The minimum Gasteiger partial charge on any atom is -0.299 e. The lowest BCUT2D eigenvalue weighted by molar-refractivity contribution is -0.137. The van der Waals surface area contributed by atoms with Gasteiger partial charge in [0.05, 0.1) is 11.4 Å². The van der Waals surface area contributed by atoms with Gasteiger partial charge < -0.3 is 0 Å². The van der Waals surface area contributed by atoms with E-state index in [4.69, 9.17) is 12.6 Å². The van der Waals surface area contributed by atoms with Crippen LogP contribution in [0.1, 0.15) is 59.2 Å². The van der Waals surface area contributed by atoms with Gasteiger partial charge in [-0.05, 0) is 66.6 Å². The first-order chi connectivity index (χ1) is 15.9. The molecule has 0 saturated carbocycles. The van der Waals surface area contributed by atoms with Crippen molar-refractivity contribution in [3.8, 4) is 0 Å². The number of fused-ring (bicyclic) bond motifs is 1. The Hall–Kier alpha value is -2.36. The molecule has 1 aromatic carbocycles. The van der Waals surface area contributed by atoms with Crippen LogP contribution in [0.4, 0.5) is 8.78 Å². The molecule has 2 fully saturated rings. The van der Waals surface area contributed by atoms with Gasteiger partial charge in [0, 0.05) is 25.7 Å². The van der Waals surface area contributed by atoms with Crippen molar-refractivity contribution < 1.29 is 18.4 Å². The van der Waals surface area contributed by atoms with Crippen LogP contribution in [0.3, 0.4) is 0 Å². The molecule has 3 aliphatic rings. The summed E-state index contributed by atoms with van der Waals surface area (Å²) in [7, 11) is 0. The highest BCUT2D eigenvalue weighted by Crippen LogP contribution is 2.40. The molecule has 0 spiro atoms. The summed E-state index contributed by atoms with van der Waals surface area (Å²) in [5.74, 6) is -2.30. The number of carbonyl (C=O) groups is 2. The first-order valence-electron chi connectivity index (χ1n) is 11.3. The lowest BCUT2D eigenvalue weighted by atomic mass is 9.89. The largest absolute Gasteiger partial charge is 0.299 e. The van der Waals surface area contributed by atoms with Gasteiger partial charge in [0.2, 0.25) is 17.8 Å². The summed E-state index contributed by atoms with van der Waals surface area (Å²) in [6.07, 6.45) is 3.73. The van der Waals surface area contributed by atoms with E-state index in [2.05, 4.69) is 33.4 Å². The fourth-order valence-electron chi connectivity index (χ4n) is 5.29. The smallest absolute Gasteiger partial charge is 0.249 e. The molecule has 5 rings (SSSR count). The summed E-state index contributed by atoms with van der Waals surface area (Å²) in [5, 5.41) is 2.26. The Kier molecular flexibility index (Phi) is 6.20. The van der Waals surface area contributed by atoms with Crippen molar-refractivity contribution in [1.82, 2.24) is 20.1 Å². The van der Waals surface area contributed by atoms with Crippen molar-refractivity contribution in [3.63, 3.8) is 0 Å². The number of imide groups is 1. The predicted molar refractivity (Wildman–Crippen MR) is 121 cm³/mol. The Morgan fingerprint density at radius 1 is 1.09 bits per heavy atom. The van der Waals surface area contributed by atoms with Crippen LogP contribution in [-0.2, 0) is 22.7 Å². The highest BCUT2D eigenvalue weighted by atomic mass is 32.1. The molecule has 0 aliphatic carbocycles. The number of halogens is 2. The number of benzene rings is 1. The highest BCUT2D eigenvalue weighted by molar-refractivity contribution is 7.80. The van der Waals surface area contributed by atoms with E-state index in [1.54, 1.807) is 6.07 Å². The van der Waals surface area contributed by atoms with Crippen LogP contribution in [0.15, 0.2) is 30.5 Å². The Morgan fingerprint density at radius 2 is 1.88 bits per heavy atom. The van der Waals surface area contributed by atoms with Gasteiger partial charge in [0.1, 0.15) is 0 Å². The minimum atomic E-state index is -1.03. The molecule has 0 bridgehead atoms. The molecular formula is C24H26F2N4O2S. The lowest BCUT2D eigenvalue weighted by Crippen LogP contribution is -2.51. The van der Waals surface area contributed by atoms with E-state index in [1.165, 1.54) is 11.8 Å². The maximum Gasteiger partial charge on any atom is 0.249 e. The van der Waals surface area contributed by atoms with E-state index in [0.717, 1.165) is 43.6 Å². The molecule has 6 nitrogen and oxygen atoms in total. The Morgan fingerprint density at radius 3 is 2.64 bits per heavy atom. The minimum absolute atomic E-state index is 0.00536. The van der Waals surface area contributed by atoms with E-state index in [-0.39, 0.29) is 29.1 Å². The standard InChI is InChI=1S/C24H26F2N4O2S/c25-21-17(5-8-27-22(21)26)15-6-9-29(10-7-15)12-14-1-2-18-16(11-14)13-30(24(18)33)19-3-4-20(31)28-23(19)32/h1-2,5,8,11,15,19,24,33H,3-4,6-7,9-10,12-13H2,(H,28,31,32). The van der Waals surface area contributed by atoms with E-state index < -0.39 is 11.8 Å². The summed E-state index contributed by atoms with van der Waals surface area (Å²) >= 11 is 4.75. The molecule has 1 aromatic heterocycles. The van der Waals surface area contributed by atoms with Crippen molar-refractivity contribution in [2.45, 2.75) is 56.1 Å². The quantitative estimate of drug-likeness (QED) is 0.406. The fraction of sp³-hybridized carbons (Fsp3) is 0.458.